The van der Waals surface area contributed by atoms with Crippen LogP contribution in [-0.2, 0) is 0 Å². The fourth-order valence-corrected chi connectivity index (χ4v) is 1.75. The highest BCUT2D eigenvalue weighted by molar-refractivity contribution is 7.80. The molecule has 0 aliphatic rings. The van der Waals surface area contributed by atoms with Crippen molar-refractivity contribution in [1.29, 1.82) is 0 Å². The van der Waals surface area contributed by atoms with Crippen molar-refractivity contribution >= 4 is 23.0 Å². The molecule has 1 aromatic carbocycles. The van der Waals surface area contributed by atoms with Crippen LogP contribution in [0.4, 0.5) is 5.69 Å². The first-order valence-corrected chi connectivity index (χ1v) is 5.84. The third-order valence-electron chi connectivity index (χ3n) is 1.95. The average Bonchev–Trinajstić information content (AvgIpc) is 2.15. The first kappa shape index (κ1) is 13.9. The van der Waals surface area contributed by atoms with Gasteiger partial charge < -0.3 is 10.4 Å². The number of hydrogen-bond donors (Lipinski definition) is 3. The predicted molar refractivity (Wildman–Crippen MR) is 74.7 cm³/mol. The molecule has 0 heterocycles. The van der Waals surface area contributed by atoms with E-state index in [1.165, 1.54) is 0 Å². The third-order valence-corrected chi connectivity index (χ3v) is 2.14. The van der Waals surface area contributed by atoms with E-state index in [4.69, 9.17) is 12.2 Å². The molecule has 0 unspecified atom stereocenters. The maximum atomic E-state index is 9.65. The number of para-hydroxylation sites is 1. The standard InChI is InChI=1S/C12H19N3OS/c1-12(2,16)9-15(3)14-11(17)13-10-7-5-4-6-8-10/h4-8,16H,9H2,1-3H3,(H2,13,14,17). The first-order chi connectivity index (χ1) is 7.87. The Morgan fingerprint density at radius 2 is 1.94 bits per heavy atom. The highest BCUT2D eigenvalue weighted by Gasteiger charge is 2.15. The van der Waals surface area contributed by atoms with Crippen molar-refractivity contribution < 1.29 is 5.11 Å². The van der Waals surface area contributed by atoms with Crippen LogP contribution in [0, 0.1) is 0 Å². The number of benzene rings is 1. The van der Waals surface area contributed by atoms with E-state index in [-0.39, 0.29) is 0 Å². The molecule has 3 N–H and O–H groups in total. The Labute approximate surface area is 108 Å². The number of hydrazine groups is 1. The van der Waals surface area contributed by atoms with Gasteiger partial charge in [0.1, 0.15) is 0 Å². The second-order valence-corrected chi connectivity index (χ2v) is 5.01. The van der Waals surface area contributed by atoms with Gasteiger partial charge in [-0.1, -0.05) is 18.2 Å². The summed E-state index contributed by atoms with van der Waals surface area (Å²) in [6.45, 7) is 3.97. The number of rotatable bonds is 4. The number of anilines is 1. The molecule has 1 aromatic rings. The lowest BCUT2D eigenvalue weighted by atomic mass is 10.1. The Balaban J connectivity index is 2.40. The van der Waals surface area contributed by atoms with Gasteiger partial charge in [-0.15, -0.1) is 0 Å². The van der Waals surface area contributed by atoms with Crippen LogP contribution in [0.3, 0.4) is 0 Å². The Bertz CT molecular complexity index is 362. The number of nitrogens with one attached hydrogen (secondary N) is 2. The molecule has 94 valence electrons. The molecule has 0 saturated carbocycles. The SMILES string of the molecule is CN(CC(C)(C)O)NC(=S)Nc1ccccc1. The lowest BCUT2D eigenvalue weighted by Crippen LogP contribution is -2.47. The van der Waals surface area contributed by atoms with Gasteiger partial charge >= 0.3 is 0 Å². The smallest absolute Gasteiger partial charge is 0.185 e. The van der Waals surface area contributed by atoms with Gasteiger partial charge in [-0.25, -0.2) is 5.01 Å². The van der Waals surface area contributed by atoms with Crippen molar-refractivity contribution in [1.82, 2.24) is 10.4 Å². The quantitative estimate of drug-likeness (QED) is 0.562. The summed E-state index contributed by atoms with van der Waals surface area (Å²) in [5.41, 5.74) is 3.15. The molecule has 1 rings (SSSR count). The Kier molecular flexibility index (Phi) is 4.86. The normalized spacial score (nSPS) is 11.4. The molecule has 4 nitrogen and oxygen atoms in total. The Morgan fingerprint density at radius 3 is 2.47 bits per heavy atom. The van der Waals surface area contributed by atoms with Crippen molar-refractivity contribution in [2.75, 3.05) is 18.9 Å². The van der Waals surface area contributed by atoms with Gasteiger partial charge in [0.15, 0.2) is 5.11 Å². The molecule has 0 amide bonds. The number of thiocarbonyl (C=S) groups is 1. The highest BCUT2D eigenvalue weighted by atomic mass is 32.1. The number of likely N-dealkylation sites (N-methyl/N-ethyl adjacent to an activating group) is 1. The zero-order valence-electron chi connectivity index (χ0n) is 10.4. The molecule has 0 aliphatic carbocycles. The molecule has 5 heteroatoms. The van der Waals surface area contributed by atoms with Gasteiger partial charge in [-0.05, 0) is 38.2 Å². The minimum absolute atomic E-state index is 0.476. The zero-order valence-corrected chi connectivity index (χ0v) is 11.2. The number of aliphatic hydroxyl groups is 1. The summed E-state index contributed by atoms with van der Waals surface area (Å²) >= 11 is 5.16. The molecular weight excluding hydrogens is 234 g/mol. The van der Waals surface area contributed by atoms with E-state index < -0.39 is 5.60 Å². The van der Waals surface area contributed by atoms with E-state index >= 15 is 0 Å². The zero-order chi connectivity index (χ0) is 12.9. The third kappa shape index (κ3) is 6.21. The molecule has 0 bridgehead atoms. The molecule has 0 radical (unpaired) electrons. The molecular formula is C12H19N3OS. The van der Waals surface area contributed by atoms with Crippen LogP contribution in [0.2, 0.25) is 0 Å². The second-order valence-electron chi connectivity index (χ2n) is 4.60. The van der Waals surface area contributed by atoms with E-state index in [1.807, 2.05) is 37.4 Å². The molecule has 0 aliphatic heterocycles. The van der Waals surface area contributed by atoms with Crippen molar-refractivity contribution in [2.45, 2.75) is 19.4 Å². The highest BCUT2D eigenvalue weighted by Crippen LogP contribution is 2.05. The summed E-state index contributed by atoms with van der Waals surface area (Å²) in [6, 6.07) is 9.69. The van der Waals surface area contributed by atoms with Crippen molar-refractivity contribution in [3.8, 4) is 0 Å². The van der Waals surface area contributed by atoms with Gasteiger partial charge in [0.2, 0.25) is 0 Å². The van der Waals surface area contributed by atoms with Crippen LogP contribution in [-0.4, -0.2) is 34.4 Å². The fourth-order valence-electron chi connectivity index (χ4n) is 1.47. The number of hydrogen-bond acceptors (Lipinski definition) is 3. The van der Waals surface area contributed by atoms with E-state index in [1.54, 1.807) is 18.9 Å². The van der Waals surface area contributed by atoms with Gasteiger partial charge in [-0.2, -0.15) is 0 Å². The van der Waals surface area contributed by atoms with Crippen LogP contribution in [0.1, 0.15) is 13.8 Å². The van der Waals surface area contributed by atoms with Crippen LogP contribution in [0.15, 0.2) is 30.3 Å². The van der Waals surface area contributed by atoms with E-state index in [2.05, 4.69) is 10.7 Å². The van der Waals surface area contributed by atoms with Crippen molar-refractivity contribution in [2.24, 2.45) is 0 Å². The maximum absolute atomic E-state index is 9.65. The summed E-state index contributed by atoms with van der Waals surface area (Å²) in [5, 5.41) is 15.0. The number of nitrogens with zero attached hydrogens (tertiary/aromatic N) is 1. The van der Waals surface area contributed by atoms with Crippen molar-refractivity contribution in [3.63, 3.8) is 0 Å². The molecule has 0 spiro atoms. The van der Waals surface area contributed by atoms with Gasteiger partial charge in [0, 0.05) is 19.3 Å². The summed E-state index contributed by atoms with van der Waals surface area (Å²) in [6.07, 6.45) is 0. The minimum atomic E-state index is -0.760. The van der Waals surface area contributed by atoms with E-state index in [0.717, 1.165) is 5.69 Å². The lowest BCUT2D eigenvalue weighted by molar-refractivity contribution is 0.0370. The summed E-state index contributed by atoms with van der Waals surface area (Å²) in [4.78, 5) is 0. The largest absolute Gasteiger partial charge is 0.389 e. The fraction of sp³-hybridized carbons (Fsp3) is 0.417. The van der Waals surface area contributed by atoms with Gasteiger partial charge in [0.05, 0.1) is 5.60 Å². The monoisotopic (exact) mass is 253 g/mol. The van der Waals surface area contributed by atoms with Crippen molar-refractivity contribution in [3.05, 3.63) is 30.3 Å². The molecule has 0 saturated heterocycles. The summed E-state index contributed by atoms with van der Waals surface area (Å²) < 4.78 is 0. The Hall–Kier alpha value is -1.17. The Morgan fingerprint density at radius 1 is 1.35 bits per heavy atom. The average molecular weight is 253 g/mol. The summed E-state index contributed by atoms with van der Waals surface area (Å²) in [7, 11) is 1.83. The molecule has 17 heavy (non-hydrogen) atoms. The predicted octanol–water partition coefficient (Wildman–Crippen LogP) is 1.59. The van der Waals surface area contributed by atoms with Crippen LogP contribution >= 0.6 is 12.2 Å². The van der Waals surface area contributed by atoms with E-state index in [9.17, 15) is 5.11 Å². The second kappa shape index (κ2) is 5.95. The molecule has 0 aromatic heterocycles. The minimum Gasteiger partial charge on any atom is -0.389 e. The lowest BCUT2D eigenvalue weighted by Gasteiger charge is -2.26. The van der Waals surface area contributed by atoms with E-state index in [0.29, 0.717) is 11.7 Å². The topological polar surface area (TPSA) is 47.5 Å². The van der Waals surface area contributed by atoms with Crippen LogP contribution in [0.5, 0.6) is 0 Å². The van der Waals surface area contributed by atoms with Crippen LogP contribution in [0.25, 0.3) is 0 Å². The maximum Gasteiger partial charge on any atom is 0.185 e. The first-order valence-electron chi connectivity index (χ1n) is 5.43. The molecule has 0 atom stereocenters. The summed E-state index contributed by atoms with van der Waals surface area (Å²) in [5.74, 6) is 0. The molecule has 0 fully saturated rings. The van der Waals surface area contributed by atoms with Gasteiger partial charge in [-0.3, -0.25) is 5.43 Å². The van der Waals surface area contributed by atoms with Gasteiger partial charge in [0.25, 0.3) is 0 Å². The van der Waals surface area contributed by atoms with Crippen LogP contribution < -0.4 is 10.7 Å².